The number of alkyl carbamates (subject to hydrolysis) is 1. The zero-order chi connectivity index (χ0) is 27.1. The van der Waals surface area contributed by atoms with Crippen LogP contribution in [0.3, 0.4) is 0 Å². The van der Waals surface area contributed by atoms with Crippen molar-refractivity contribution in [2.45, 2.75) is 31.2 Å². The summed E-state index contributed by atoms with van der Waals surface area (Å²) in [6, 6.07) is 21.7. The van der Waals surface area contributed by atoms with Crippen LogP contribution in [0.2, 0.25) is 0 Å². The van der Waals surface area contributed by atoms with Crippen LogP contribution in [-0.4, -0.2) is 48.8 Å². The van der Waals surface area contributed by atoms with Crippen LogP contribution >= 0.6 is 0 Å². The largest absolute Gasteiger partial charge is 0.481 e. The van der Waals surface area contributed by atoms with E-state index < -0.39 is 30.0 Å². The minimum atomic E-state index is -1.05. The fourth-order valence-corrected chi connectivity index (χ4v) is 4.52. The van der Waals surface area contributed by atoms with Crippen LogP contribution in [0.4, 0.5) is 10.5 Å². The van der Waals surface area contributed by atoms with Gasteiger partial charge in [0, 0.05) is 24.4 Å². The molecule has 9 heteroatoms. The summed E-state index contributed by atoms with van der Waals surface area (Å²) in [5, 5.41) is 13.9. The van der Waals surface area contributed by atoms with Gasteiger partial charge >= 0.3 is 18.0 Å². The number of hydrogen-bond acceptors (Lipinski definition) is 6. The second kappa shape index (κ2) is 12.1. The van der Waals surface area contributed by atoms with Crippen LogP contribution in [-0.2, 0) is 30.3 Å². The molecule has 0 saturated carbocycles. The highest BCUT2D eigenvalue weighted by molar-refractivity contribution is 5.92. The van der Waals surface area contributed by atoms with Gasteiger partial charge in [0.05, 0.1) is 13.5 Å². The van der Waals surface area contributed by atoms with Gasteiger partial charge in [-0.3, -0.25) is 9.59 Å². The summed E-state index contributed by atoms with van der Waals surface area (Å²) in [6.45, 7) is 0.115. The van der Waals surface area contributed by atoms with Crippen LogP contribution in [0.25, 0.3) is 11.1 Å². The molecule has 3 N–H and O–H groups in total. The van der Waals surface area contributed by atoms with Crippen molar-refractivity contribution in [1.29, 1.82) is 0 Å². The molecule has 0 aromatic heterocycles. The lowest BCUT2D eigenvalue weighted by atomic mass is 9.98. The molecule has 2 amide bonds. The van der Waals surface area contributed by atoms with Crippen molar-refractivity contribution in [1.82, 2.24) is 5.32 Å². The number of amides is 2. The number of carboxylic acid groups (broad SMARTS) is 1. The zero-order valence-corrected chi connectivity index (χ0v) is 20.8. The maximum atomic E-state index is 12.7. The Hall–Kier alpha value is -4.66. The Bertz CT molecular complexity index is 1290. The van der Waals surface area contributed by atoms with E-state index in [0.29, 0.717) is 11.3 Å². The number of carboxylic acids is 1. The molecule has 1 aliphatic carbocycles. The Morgan fingerprint density at radius 2 is 1.47 bits per heavy atom. The molecule has 4 rings (SSSR count). The van der Waals surface area contributed by atoms with E-state index in [4.69, 9.17) is 14.6 Å². The van der Waals surface area contributed by atoms with Crippen LogP contribution in [0.15, 0.2) is 72.8 Å². The minimum Gasteiger partial charge on any atom is -0.481 e. The number of hydrogen-bond donors (Lipinski definition) is 3. The number of esters is 1. The fourth-order valence-electron chi connectivity index (χ4n) is 4.52. The molecule has 0 heterocycles. The number of carbonyl (C=O) groups excluding carboxylic acids is 3. The first-order valence-corrected chi connectivity index (χ1v) is 12.2. The van der Waals surface area contributed by atoms with Gasteiger partial charge < -0.3 is 25.2 Å². The normalized spacial score (nSPS) is 12.6. The molecule has 0 spiro atoms. The number of methoxy groups -OCH3 is 1. The number of aliphatic carboxylic acids is 1. The summed E-state index contributed by atoms with van der Waals surface area (Å²) in [5.74, 6) is -2.19. The van der Waals surface area contributed by atoms with E-state index in [1.807, 2.05) is 48.5 Å². The van der Waals surface area contributed by atoms with Gasteiger partial charge in [0.1, 0.15) is 12.6 Å². The first-order valence-electron chi connectivity index (χ1n) is 12.2. The highest BCUT2D eigenvalue weighted by Crippen LogP contribution is 2.44. The molecule has 0 unspecified atom stereocenters. The van der Waals surface area contributed by atoms with Crippen molar-refractivity contribution in [2.24, 2.45) is 0 Å². The summed E-state index contributed by atoms with van der Waals surface area (Å²) < 4.78 is 10.4. The van der Waals surface area contributed by atoms with Gasteiger partial charge in [-0.2, -0.15) is 0 Å². The van der Waals surface area contributed by atoms with Gasteiger partial charge in [0.2, 0.25) is 5.91 Å². The monoisotopic (exact) mass is 516 g/mol. The number of carbonyl (C=O) groups is 4. The van der Waals surface area contributed by atoms with Crippen LogP contribution in [0.5, 0.6) is 0 Å². The lowest BCUT2D eigenvalue weighted by molar-refractivity contribution is -0.143. The van der Waals surface area contributed by atoms with Crippen molar-refractivity contribution in [2.75, 3.05) is 19.0 Å². The maximum absolute atomic E-state index is 12.7. The molecule has 3 aromatic carbocycles. The SMILES string of the molecule is COC(=O)[C@H](Cc1ccc(NC(=O)CCC(=O)O)cc1)NC(=O)OCC1c2ccccc2-c2ccccc21. The van der Waals surface area contributed by atoms with Gasteiger partial charge in [0.15, 0.2) is 0 Å². The number of rotatable bonds is 10. The number of nitrogens with one attached hydrogen (secondary N) is 2. The molecule has 9 nitrogen and oxygen atoms in total. The Kier molecular flexibility index (Phi) is 8.37. The molecular formula is C29H28N2O7. The van der Waals surface area contributed by atoms with E-state index >= 15 is 0 Å². The topological polar surface area (TPSA) is 131 Å². The Morgan fingerprint density at radius 1 is 0.868 bits per heavy atom. The average Bonchev–Trinajstić information content (AvgIpc) is 3.24. The Labute approximate surface area is 219 Å². The first kappa shape index (κ1) is 26.4. The third-order valence-corrected chi connectivity index (χ3v) is 6.36. The minimum absolute atomic E-state index is 0.108. The van der Waals surface area contributed by atoms with Crippen LogP contribution in [0, 0.1) is 0 Å². The second-order valence-corrected chi connectivity index (χ2v) is 8.89. The standard InChI is InChI=1S/C29H28N2O7/c1-37-28(35)25(16-18-10-12-19(13-11-18)30-26(32)14-15-27(33)34)31-29(36)38-17-24-22-8-4-2-6-20(22)21-7-3-5-9-23(21)24/h2-13,24-25H,14-17H2,1H3,(H,30,32)(H,31,36)(H,33,34)/t25-/m0/s1. The smallest absolute Gasteiger partial charge is 0.407 e. The molecule has 38 heavy (non-hydrogen) atoms. The molecule has 0 radical (unpaired) electrons. The molecule has 3 aromatic rings. The lowest BCUT2D eigenvalue weighted by Crippen LogP contribution is -2.43. The molecule has 1 atom stereocenters. The quantitative estimate of drug-likeness (QED) is 0.346. The predicted molar refractivity (Wildman–Crippen MR) is 140 cm³/mol. The van der Waals surface area contributed by atoms with Crippen molar-refractivity contribution in [3.05, 3.63) is 89.5 Å². The number of fused-ring (bicyclic) bond motifs is 3. The molecule has 196 valence electrons. The fraction of sp³-hybridized carbons (Fsp3) is 0.241. The van der Waals surface area contributed by atoms with E-state index in [-0.39, 0.29) is 31.8 Å². The van der Waals surface area contributed by atoms with E-state index in [9.17, 15) is 19.2 Å². The van der Waals surface area contributed by atoms with Gasteiger partial charge in [-0.05, 0) is 39.9 Å². The molecule has 0 bridgehead atoms. The Balaban J connectivity index is 1.36. The van der Waals surface area contributed by atoms with Crippen molar-refractivity contribution >= 4 is 29.6 Å². The molecule has 0 fully saturated rings. The molecule has 0 saturated heterocycles. The van der Waals surface area contributed by atoms with Crippen molar-refractivity contribution in [3.8, 4) is 11.1 Å². The highest BCUT2D eigenvalue weighted by Gasteiger charge is 2.30. The number of ether oxygens (including phenoxy) is 2. The Morgan fingerprint density at radius 3 is 2.05 bits per heavy atom. The predicted octanol–water partition coefficient (Wildman–Crippen LogP) is 4.11. The van der Waals surface area contributed by atoms with Crippen LogP contribution < -0.4 is 10.6 Å². The number of benzene rings is 3. The van der Waals surface area contributed by atoms with Crippen molar-refractivity contribution in [3.63, 3.8) is 0 Å². The average molecular weight is 517 g/mol. The van der Waals surface area contributed by atoms with E-state index in [0.717, 1.165) is 22.3 Å². The van der Waals surface area contributed by atoms with Gasteiger partial charge in [0.25, 0.3) is 0 Å². The van der Waals surface area contributed by atoms with Gasteiger partial charge in [-0.25, -0.2) is 9.59 Å². The lowest BCUT2D eigenvalue weighted by Gasteiger charge is -2.19. The summed E-state index contributed by atoms with van der Waals surface area (Å²) in [4.78, 5) is 47.5. The first-order chi connectivity index (χ1) is 18.4. The van der Waals surface area contributed by atoms with Crippen molar-refractivity contribution < 1.29 is 33.8 Å². The number of anilines is 1. The molecular weight excluding hydrogens is 488 g/mol. The van der Waals surface area contributed by atoms with E-state index in [1.54, 1.807) is 24.3 Å². The summed E-state index contributed by atoms with van der Waals surface area (Å²) in [7, 11) is 1.24. The molecule has 1 aliphatic rings. The van der Waals surface area contributed by atoms with E-state index in [2.05, 4.69) is 10.6 Å². The summed E-state index contributed by atoms with van der Waals surface area (Å²) in [5.41, 5.74) is 5.60. The van der Waals surface area contributed by atoms with Gasteiger partial charge in [-0.15, -0.1) is 0 Å². The van der Waals surface area contributed by atoms with Crippen LogP contribution in [0.1, 0.15) is 35.4 Å². The zero-order valence-electron chi connectivity index (χ0n) is 20.8. The summed E-state index contributed by atoms with van der Waals surface area (Å²) >= 11 is 0. The van der Waals surface area contributed by atoms with Gasteiger partial charge in [-0.1, -0.05) is 60.7 Å². The third kappa shape index (κ3) is 6.36. The third-order valence-electron chi connectivity index (χ3n) is 6.36. The second-order valence-electron chi connectivity index (χ2n) is 8.89. The van der Waals surface area contributed by atoms with E-state index in [1.165, 1.54) is 7.11 Å². The summed E-state index contributed by atoms with van der Waals surface area (Å²) in [6.07, 6.45) is -0.980. The molecule has 0 aliphatic heterocycles. The maximum Gasteiger partial charge on any atom is 0.407 e. The highest BCUT2D eigenvalue weighted by atomic mass is 16.6.